The number of methoxy groups -OCH3 is 4. The number of benzene rings is 2. The second-order valence-corrected chi connectivity index (χ2v) is 9.34. The van der Waals surface area contributed by atoms with Crippen LogP contribution in [0.1, 0.15) is 38.1 Å². The zero-order valence-electron chi connectivity index (χ0n) is 21.6. The van der Waals surface area contributed by atoms with Gasteiger partial charge in [0, 0.05) is 17.2 Å². The average Bonchev–Trinajstić information content (AvgIpc) is 3.43. The molecule has 4 rings (SSSR count). The summed E-state index contributed by atoms with van der Waals surface area (Å²) in [6, 6.07) is 8.72. The van der Waals surface area contributed by atoms with Crippen LogP contribution in [0.15, 0.2) is 42.0 Å². The van der Waals surface area contributed by atoms with Gasteiger partial charge in [-0.05, 0) is 49.7 Å². The molecule has 0 aliphatic carbocycles. The van der Waals surface area contributed by atoms with Gasteiger partial charge in [-0.1, -0.05) is 11.3 Å². The standard InChI is InChI=1S/C27H26N2O8S/c1-13-11-15(7-10-18(13)35-4)22(30)20-21(17-9-8-16(34-3)12-19(17)36-5)29(25(32)23(20)31)27-28-14(2)24(38-27)26(33)37-6/h7-12,21,30H,1-6H3. The van der Waals surface area contributed by atoms with Crippen LogP contribution in [0.5, 0.6) is 17.2 Å². The fraction of sp³-hybridized carbons (Fsp3) is 0.259. The number of thiazole rings is 1. The van der Waals surface area contributed by atoms with E-state index in [1.807, 2.05) is 0 Å². The maximum atomic E-state index is 13.5. The summed E-state index contributed by atoms with van der Waals surface area (Å²) in [5, 5.41) is 11.5. The van der Waals surface area contributed by atoms with Gasteiger partial charge in [-0.15, -0.1) is 0 Å². The summed E-state index contributed by atoms with van der Waals surface area (Å²) in [6.45, 7) is 3.40. The Labute approximate surface area is 223 Å². The number of ether oxygens (including phenoxy) is 4. The Morgan fingerprint density at radius 3 is 2.29 bits per heavy atom. The Morgan fingerprint density at radius 2 is 1.68 bits per heavy atom. The van der Waals surface area contributed by atoms with E-state index in [1.54, 1.807) is 50.2 Å². The molecule has 2 aromatic carbocycles. The maximum absolute atomic E-state index is 13.5. The highest BCUT2D eigenvalue weighted by molar-refractivity contribution is 7.17. The number of hydrogen-bond acceptors (Lipinski definition) is 10. The first-order valence-corrected chi connectivity index (χ1v) is 12.2. The van der Waals surface area contributed by atoms with Gasteiger partial charge in [-0.3, -0.25) is 14.5 Å². The van der Waals surface area contributed by atoms with Crippen LogP contribution in [-0.2, 0) is 14.3 Å². The zero-order valence-corrected chi connectivity index (χ0v) is 22.5. The second kappa shape index (κ2) is 10.5. The molecule has 1 saturated heterocycles. The lowest BCUT2D eigenvalue weighted by molar-refractivity contribution is -0.132. The normalized spacial score (nSPS) is 16.5. The number of anilines is 1. The summed E-state index contributed by atoms with van der Waals surface area (Å²) >= 11 is 0.913. The van der Waals surface area contributed by atoms with E-state index >= 15 is 0 Å². The minimum absolute atomic E-state index is 0.0952. The fourth-order valence-corrected chi connectivity index (χ4v) is 5.33. The molecule has 38 heavy (non-hydrogen) atoms. The highest BCUT2D eigenvalue weighted by atomic mass is 32.1. The molecule has 198 valence electrons. The predicted octanol–water partition coefficient (Wildman–Crippen LogP) is 4.20. The lowest BCUT2D eigenvalue weighted by Crippen LogP contribution is -2.29. The van der Waals surface area contributed by atoms with Gasteiger partial charge in [0.2, 0.25) is 0 Å². The molecule has 2 heterocycles. The molecule has 0 spiro atoms. The van der Waals surface area contributed by atoms with E-state index < -0.39 is 23.7 Å². The number of ketones is 1. The van der Waals surface area contributed by atoms with Crippen molar-refractivity contribution in [3.05, 3.63) is 69.2 Å². The molecule has 0 radical (unpaired) electrons. The second-order valence-electron chi connectivity index (χ2n) is 8.36. The zero-order chi connectivity index (χ0) is 27.7. The van der Waals surface area contributed by atoms with Crippen LogP contribution in [0.2, 0.25) is 0 Å². The number of hydrogen-bond donors (Lipinski definition) is 1. The van der Waals surface area contributed by atoms with Gasteiger partial charge in [-0.2, -0.15) is 0 Å². The first-order valence-electron chi connectivity index (χ1n) is 11.4. The number of aliphatic hydroxyl groups is 1. The molecule has 1 amide bonds. The maximum Gasteiger partial charge on any atom is 0.350 e. The van der Waals surface area contributed by atoms with Crippen LogP contribution in [0.25, 0.3) is 5.76 Å². The summed E-state index contributed by atoms with van der Waals surface area (Å²) < 4.78 is 21.0. The molecule has 0 saturated carbocycles. The SMILES string of the molecule is COC(=O)c1sc(N2C(=O)C(=O)C(=C(O)c3ccc(OC)c(C)c3)C2c2ccc(OC)cc2OC)nc1C. The number of esters is 1. The van der Waals surface area contributed by atoms with Gasteiger partial charge < -0.3 is 24.1 Å². The molecule has 1 unspecified atom stereocenters. The first-order chi connectivity index (χ1) is 18.2. The van der Waals surface area contributed by atoms with Crippen LogP contribution in [0.4, 0.5) is 5.13 Å². The minimum atomic E-state index is -1.12. The summed E-state index contributed by atoms with van der Waals surface area (Å²) in [5.74, 6) is -1.40. The van der Waals surface area contributed by atoms with E-state index in [0.29, 0.717) is 34.1 Å². The lowest BCUT2D eigenvalue weighted by atomic mass is 9.94. The van der Waals surface area contributed by atoms with E-state index in [0.717, 1.165) is 16.9 Å². The number of Topliss-reactive ketones (excluding diaryl/α,β-unsaturated/α-hetero) is 1. The number of nitrogens with zero attached hydrogens (tertiary/aromatic N) is 2. The third-order valence-corrected chi connectivity index (χ3v) is 7.35. The van der Waals surface area contributed by atoms with Gasteiger partial charge in [0.25, 0.3) is 5.78 Å². The minimum Gasteiger partial charge on any atom is -0.507 e. The van der Waals surface area contributed by atoms with E-state index in [9.17, 15) is 19.5 Å². The van der Waals surface area contributed by atoms with E-state index in [4.69, 9.17) is 18.9 Å². The van der Waals surface area contributed by atoms with Crippen LogP contribution in [-0.4, -0.2) is 56.2 Å². The lowest BCUT2D eigenvalue weighted by Gasteiger charge is -2.25. The van der Waals surface area contributed by atoms with Crippen molar-refractivity contribution in [3.63, 3.8) is 0 Å². The molecule has 1 aliphatic rings. The van der Waals surface area contributed by atoms with Crippen molar-refractivity contribution in [2.24, 2.45) is 0 Å². The van der Waals surface area contributed by atoms with Crippen LogP contribution in [0, 0.1) is 13.8 Å². The molecule has 0 bridgehead atoms. The van der Waals surface area contributed by atoms with E-state index in [-0.39, 0.29) is 21.3 Å². The first kappa shape index (κ1) is 26.7. The molecular formula is C27H26N2O8S. The molecule has 1 aliphatic heterocycles. The van der Waals surface area contributed by atoms with E-state index in [2.05, 4.69) is 4.98 Å². The number of amides is 1. The third-order valence-electron chi connectivity index (χ3n) is 6.21. The average molecular weight is 539 g/mol. The van der Waals surface area contributed by atoms with Gasteiger partial charge in [0.15, 0.2) is 5.13 Å². The number of aromatic nitrogens is 1. The number of rotatable bonds is 7. The monoisotopic (exact) mass is 538 g/mol. The molecule has 1 fully saturated rings. The number of aliphatic hydroxyl groups excluding tert-OH is 1. The van der Waals surface area contributed by atoms with Gasteiger partial charge in [-0.25, -0.2) is 9.78 Å². The molecule has 1 atom stereocenters. The molecule has 1 N–H and O–H groups in total. The fourth-order valence-electron chi connectivity index (χ4n) is 4.32. The summed E-state index contributed by atoms with van der Waals surface area (Å²) in [7, 11) is 5.72. The van der Waals surface area contributed by atoms with Gasteiger partial charge in [0.1, 0.15) is 33.9 Å². The van der Waals surface area contributed by atoms with Crippen LogP contribution < -0.4 is 19.1 Å². The Kier molecular flexibility index (Phi) is 7.40. The molecule has 10 nitrogen and oxygen atoms in total. The third kappa shape index (κ3) is 4.45. The molecule has 1 aromatic heterocycles. The highest BCUT2D eigenvalue weighted by Gasteiger charge is 2.49. The summed E-state index contributed by atoms with van der Waals surface area (Å²) in [4.78, 5) is 45.0. The van der Waals surface area contributed by atoms with Crippen LogP contribution in [0.3, 0.4) is 0 Å². The quantitative estimate of drug-likeness (QED) is 0.204. The Bertz CT molecular complexity index is 1480. The van der Waals surface area contributed by atoms with Crippen molar-refractivity contribution < 1.29 is 38.4 Å². The van der Waals surface area contributed by atoms with Gasteiger partial charge >= 0.3 is 11.9 Å². The van der Waals surface area contributed by atoms with Crippen LogP contribution >= 0.6 is 11.3 Å². The number of carbonyl (C=O) groups is 3. The Morgan fingerprint density at radius 1 is 0.974 bits per heavy atom. The van der Waals surface area contributed by atoms with Gasteiger partial charge in [0.05, 0.1) is 39.7 Å². The largest absolute Gasteiger partial charge is 0.507 e. The van der Waals surface area contributed by atoms with Crippen molar-refractivity contribution >= 4 is 39.9 Å². The van der Waals surface area contributed by atoms with Crippen molar-refractivity contribution in [3.8, 4) is 17.2 Å². The topological polar surface area (TPSA) is 124 Å². The highest BCUT2D eigenvalue weighted by Crippen LogP contribution is 2.47. The molecule has 3 aromatic rings. The predicted molar refractivity (Wildman–Crippen MR) is 140 cm³/mol. The Hall–Kier alpha value is -4.38. The Balaban J connectivity index is 1.99. The number of aryl methyl sites for hydroxylation is 2. The van der Waals surface area contributed by atoms with Crippen molar-refractivity contribution in [2.75, 3.05) is 33.3 Å². The van der Waals surface area contributed by atoms with E-state index in [1.165, 1.54) is 33.3 Å². The molecular weight excluding hydrogens is 512 g/mol. The summed E-state index contributed by atoms with van der Waals surface area (Å²) in [5.41, 5.74) is 1.64. The molecule has 11 heteroatoms. The summed E-state index contributed by atoms with van der Waals surface area (Å²) in [6.07, 6.45) is 0. The smallest absolute Gasteiger partial charge is 0.350 e. The van der Waals surface area contributed by atoms with Crippen molar-refractivity contribution in [1.29, 1.82) is 0 Å². The van der Waals surface area contributed by atoms with Crippen molar-refractivity contribution in [2.45, 2.75) is 19.9 Å². The number of carbonyl (C=O) groups excluding carboxylic acids is 3. The van der Waals surface area contributed by atoms with Crippen molar-refractivity contribution in [1.82, 2.24) is 4.98 Å².